The molecule has 0 bridgehead atoms. The number of benzene rings is 1. The van der Waals surface area contributed by atoms with E-state index in [9.17, 15) is 0 Å². The second-order valence-corrected chi connectivity index (χ2v) is 6.65. The van der Waals surface area contributed by atoms with Gasteiger partial charge in [-0.1, -0.05) is 25.3 Å². The molecule has 4 heteroatoms. The van der Waals surface area contributed by atoms with Crippen LogP contribution in [0, 0.1) is 0 Å². The number of anilines is 1. The summed E-state index contributed by atoms with van der Waals surface area (Å²) in [5.74, 6) is 1.43. The van der Waals surface area contributed by atoms with E-state index in [4.69, 9.17) is 10.5 Å². The molecule has 0 saturated heterocycles. The molecule has 0 spiro atoms. The van der Waals surface area contributed by atoms with Crippen molar-refractivity contribution in [3.63, 3.8) is 0 Å². The van der Waals surface area contributed by atoms with E-state index in [0.717, 1.165) is 29.6 Å². The smallest absolute Gasteiger partial charge is 0.201 e. The van der Waals surface area contributed by atoms with Crippen LogP contribution in [-0.2, 0) is 5.54 Å². The maximum Gasteiger partial charge on any atom is 0.201 e. The maximum absolute atomic E-state index is 6.27. The van der Waals surface area contributed by atoms with Crippen LogP contribution in [0.15, 0.2) is 18.2 Å². The number of imidazole rings is 1. The Balaban J connectivity index is 2.13. The van der Waals surface area contributed by atoms with Gasteiger partial charge < -0.3 is 15.0 Å². The van der Waals surface area contributed by atoms with Gasteiger partial charge in [0.2, 0.25) is 5.95 Å². The highest BCUT2D eigenvalue weighted by Crippen LogP contribution is 2.40. The van der Waals surface area contributed by atoms with E-state index in [1.807, 2.05) is 26.0 Å². The van der Waals surface area contributed by atoms with Gasteiger partial charge in [-0.15, -0.1) is 0 Å². The molecular formula is C17H25N3O. The minimum atomic E-state index is 0.0769. The molecule has 2 N–H and O–H groups in total. The number of rotatable bonds is 3. The van der Waals surface area contributed by atoms with Gasteiger partial charge in [0, 0.05) is 5.54 Å². The second-order valence-electron chi connectivity index (χ2n) is 6.65. The standard InChI is InChI=1S/C17H25N3O/c1-12(2)21-14-9-7-8-13-15(14)19-16(18)20(13)17(3)10-5-4-6-11-17/h7-9,12H,4-6,10-11H2,1-3H3,(H2,18,19). The normalized spacial score (nSPS) is 18.3. The van der Waals surface area contributed by atoms with E-state index >= 15 is 0 Å². The van der Waals surface area contributed by atoms with Crippen molar-refractivity contribution in [2.75, 3.05) is 5.73 Å². The minimum Gasteiger partial charge on any atom is -0.489 e. The Morgan fingerprint density at radius 1 is 1.24 bits per heavy atom. The van der Waals surface area contributed by atoms with Crippen LogP contribution in [0.5, 0.6) is 5.75 Å². The first kappa shape index (κ1) is 14.2. The maximum atomic E-state index is 6.27. The number of nitrogens with zero attached hydrogens (tertiary/aromatic N) is 2. The Morgan fingerprint density at radius 3 is 2.62 bits per heavy atom. The Hall–Kier alpha value is -1.71. The molecule has 1 fully saturated rings. The predicted molar refractivity (Wildman–Crippen MR) is 86.6 cm³/mol. The SMILES string of the molecule is CC(C)Oc1cccc2c1nc(N)n2C1(C)CCCCC1. The van der Waals surface area contributed by atoms with Gasteiger partial charge in [-0.05, 0) is 45.7 Å². The molecule has 1 aliphatic carbocycles. The molecule has 0 radical (unpaired) electrons. The number of fused-ring (bicyclic) bond motifs is 1. The average molecular weight is 287 g/mol. The number of hydrogen-bond donors (Lipinski definition) is 1. The summed E-state index contributed by atoms with van der Waals surface area (Å²) in [6.07, 6.45) is 6.31. The second kappa shape index (κ2) is 5.24. The van der Waals surface area contributed by atoms with Crippen LogP contribution in [0.1, 0.15) is 52.9 Å². The number of ether oxygens (including phenoxy) is 1. The Kier molecular flexibility index (Phi) is 3.56. The lowest BCUT2D eigenvalue weighted by atomic mass is 9.83. The molecule has 114 valence electrons. The summed E-state index contributed by atoms with van der Waals surface area (Å²) in [5.41, 5.74) is 8.32. The summed E-state index contributed by atoms with van der Waals surface area (Å²) in [4.78, 5) is 4.60. The molecule has 1 aromatic heterocycles. The summed E-state index contributed by atoms with van der Waals surface area (Å²) in [6, 6.07) is 6.11. The third kappa shape index (κ3) is 2.47. The van der Waals surface area contributed by atoms with Crippen LogP contribution in [0.25, 0.3) is 11.0 Å². The van der Waals surface area contributed by atoms with Gasteiger partial charge in [-0.25, -0.2) is 4.98 Å². The Labute approximate surface area is 126 Å². The molecule has 4 nitrogen and oxygen atoms in total. The van der Waals surface area contributed by atoms with Crippen LogP contribution in [0.2, 0.25) is 0 Å². The average Bonchev–Trinajstić information content (AvgIpc) is 2.77. The lowest BCUT2D eigenvalue weighted by Crippen LogP contribution is -2.33. The first-order valence-electron chi connectivity index (χ1n) is 7.95. The van der Waals surface area contributed by atoms with Crippen molar-refractivity contribution < 1.29 is 4.74 Å². The molecule has 0 unspecified atom stereocenters. The first-order valence-corrected chi connectivity index (χ1v) is 7.95. The van der Waals surface area contributed by atoms with Crippen LogP contribution >= 0.6 is 0 Å². The van der Waals surface area contributed by atoms with E-state index in [0.29, 0.717) is 5.95 Å². The van der Waals surface area contributed by atoms with Gasteiger partial charge in [-0.2, -0.15) is 0 Å². The first-order chi connectivity index (χ1) is 10.0. The summed E-state index contributed by atoms with van der Waals surface area (Å²) in [7, 11) is 0. The van der Waals surface area contributed by atoms with Gasteiger partial charge in [0.05, 0.1) is 11.6 Å². The van der Waals surface area contributed by atoms with E-state index in [2.05, 4.69) is 22.5 Å². The molecule has 1 aliphatic rings. The number of nitrogen functional groups attached to an aromatic ring is 1. The van der Waals surface area contributed by atoms with E-state index in [1.165, 1.54) is 19.3 Å². The van der Waals surface area contributed by atoms with Gasteiger partial charge in [-0.3, -0.25) is 0 Å². The quantitative estimate of drug-likeness (QED) is 0.925. The fourth-order valence-electron chi connectivity index (χ4n) is 3.54. The van der Waals surface area contributed by atoms with Crippen LogP contribution in [0.3, 0.4) is 0 Å². The molecule has 21 heavy (non-hydrogen) atoms. The molecule has 1 saturated carbocycles. The number of para-hydroxylation sites is 1. The van der Waals surface area contributed by atoms with E-state index in [-0.39, 0.29) is 11.6 Å². The van der Waals surface area contributed by atoms with Crippen LogP contribution < -0.4 is 10.5 Å². The largest absolute Gasteiger partial charge is 0.489 e. The fraction of sp³-hybridized carbons (Fsp3) is 0.588. The zero-order valence-corrected chi connectivity index (χ0v) is 13.2. The molecule has 3 rings (SSSR count). The summed E-state index contributed by atoms with van der Waals surface area (Å²) >= 11 is 0. The summed E-state index contributed by atoms with van der Waals surface area (Å²) in [5, 5.41) is 0. The number of hydrogen-bond acceptors (Lipinski definition) is 3. The van der Waals surface area contributed by atoms with Gasteiger partial charge >= 0.3 is 0 Å². The zero-order chi connectivity index (χ0) is 15.0. The van der Waals surface area contributed by atoms with Crippen molar-refractivity contribution in [2.24, 2.45) is 0 Å². The highest BCUT2D eigenvalue weighted by Gasteiger charge is 2.32. The molecular weight excluding hydrogens is 262 g/mol. The van der Waals surface area contributed by atoms with Crippen molar-refractivity contribution in [1.82, 2.24) is 9.55 Å². The molecule has 0 amide bonds. The highest BCUT2D eigenvalue weighted by atomic mass is 16.5. The van der Waals surface area contributed by atoms with Crippen molar-refractivity contribution >= 4 is 17.0 Å². The molecule has 1 heterocycles. The molecule has 2 aromatic rings. The molecule has 0 atom stereocenters. The van der Waals surface area contributed by atoms with Crippen LogP contribution in [-0.4, -0.2) is 15.7 Å². The van der Waals surface area contributed by atoms with E-state index in [1.54, 1.807) is 0 Å². The summed E-state index contributed by atoms with van der Waals surface area (Å²) in [6.45, 7) is 6.36. The lowest BCUT2D eigenvalue weighted by Gasteiger charge is -2.36. The Morgan fingerprint density at radius 2 is 1.95 bits per heavy atom. The van der Waals surface area contributed by atoms with Gasteiger partial charge in [0.15, 0.2) is 0 Å². The highest BCUT2D eigenvalue weighted by molar-refractivity contribution is 5.84. The number of aromatic nitrogens is 2. The Bertz CT molecular complexity index is 639. The zero-order valence-electron chi connectivity index (χ0n) is 13.2. The van der Waals surface area contributed by atoms with Gasteiger partial charge in [0.25, 0.3) is 0 Å². The third-order valence-electron chi connectivity index (χ3n) is 4.51. The topological polar surface area (TPSA) is 53.1 Å². The summed E-state index contributed by atoms with van der Waals surface area (Å²) < 4.78 is 8.12. The van der Waals surface area contributed by atoms with Crippen molar-refractivity contribution in [2.45, 2.75) is 64.5 Å². The van der Waals surface area contributed by atoms with Crippen molar-refractivity contribution in [1.29, 1.82) is 0 Å². The fourth-order valence-corrected chi connectivity index (χ4v) is 3.54. The van der Waals surface area contributed by atoms with E-state index < -0.39 is 0 Å². The predicted octanol–water partition coefficient (Wildman–Crippen LogP) is 4.09. The molecule has 1 aromatic carbocycles. The lowest BCUT2D eigenvalue weighted by molar-refractivity contribution is 0.228. The van der Waals surface area contributed by atoms with Crippen molar-refractivity contribution in [3.8, 4) is 5.75 Å². The van der Waals surface area contributed by atoms with Gasteiger partial charge in [0.1, 0.15) is 11.3 Å². The minimum absolute atomic E-state index is 0.0769. The molecule has 0 aliphatic heterocycles. The third-order valence-corrected chi connectivity index (χ3v) is 4.51. The van der Waals surface area contributed by atoms with Crippen molar-refractivity contribution in [3.05, 3.63) is 18.2 Å². The van der Waals surface area contributed by atoms with Crippen LogP contribution in [0.4, 0.5) is 5.95 Å². The monoisotopic (exact) mass is 287 g/mol. The number of nitrogens with two attached hydrogens (primary N) is 1.